The molecular formula is C21H19N3O3S. The maximum Gasteiger partial charge on any atom is 0.250 e. The number of aromatic amines is 1. The van der Waals surface area contributed by atoms with Crippen molar-refractivity contribution >= 4 is 26.6 Å². The van der Waals surface area contributed by atoms with E-state index in [9.17, 15) is 13.2 Å². The molecule has 4 rings (SSSR count). The number of carbonyl (C=O) groups excluding carboxylic acids is 1. The monoisotopic (exact) mass is 393 g/mol. The fourth-order valence-electron chi connectivity index (χ4n) is 3.89. The highest BCUT2D eigenvalue weighted by molar-refractivity contribution is 7.91. The second kappa shape index (κ2) is 6.80. The molecule has 1 aliphatic rings. The minimum absolute atomic E-state index is 0.120. The lowest BCUT2D eigenvalue weighted by Crippen LogP contribution is -2.22. The lowest BCUT2D eigenvalue weighted by atomic mass is 9.90. The van der Waals surface area contributed by atoms with Crippen LogP contribution in [-0.4, -0.2) is 30.8 Å². The molecule has 0 atom stereocenters. The second-order valence-electron chi connectivity index (χ2n) is 7.17. The zero-order valence-corrected chi connectivity index (χ0v) is 15.9. The minimum Gasteiger partial charge on any atom is -0.366 e. The van der Waals surface area contributed by atoms with Crippen LogP contribution in [0.4, 0.5) is 0 Å². The predicted molar refractivity (Wildman–Crippen MR) is 108 cm³/mol. The summed E-state index contributed by atoms with van der Waals surface area (Å²) in [5, 5.41) is 9.88. The molecule has 7 heteroatoms. The lowest BCUT2D eigenvalue weighted by molar-refractivity contribution is 0.100. The highest BCUT2D eigenvalue weighted by atomic mass is 32.2. The van der Waals surface area contributed by atoms with Gasteiger partial charge in [0.1, 0.15) is 9.84 Å². The predicted octanol–water partition coefficient (Wildman–Crippen LogP) is 3.10. The zero-order valence-electron chi connectivity index (χ0n) is 15.1. The Bertz CT molecular complexity index is 1200. The van der Waals surface area contributed by atoms with Crippen molar-refractivity contribution in [3.8, 4) is 17.2 Å². The number of hydrogen-bond donors (Lipinski definition) is 2. The summed E-state index contributed by atoms with van der Waals surface area (Å²) in [6.45, 7) is 0. The van der Waals surface area contributed by atoms with Gasteiger partial charge in [-0.1, -0.05) is 12.1 Å². The molecule has 142 valence electrons. The summed E-state index contributed by atoms with van der Waals surface area (Å²) in [6.07, 6.45) is 3.01. The molecule has 3 N–H and O–H groups in total. The van der Waals surface area contributed by atoms with Gasteiger partial charge in [-0.05, 0) is 59.7 Å². The molecule has 1 amide bonds. The molecule has 0 radical (unpaired) electrons. The Balaban J connectivity index is 1.84. The van der Waals surface area contributed by atoms with Crippen LogP contribution in [0.2, 0.25) is 0 Å². The zero-order chi connectivity index (χ0) is 19.9. The number of H-pyrrole nitrogens is 1. The molecule has 1 aliphatic heterocycles. The molecule has 28 heavy (non-hydrogen) atoms. The molecule has 0 saturated carbocycles. The van der Waals surface area contributed by atoms with Gasteiger partial charge in [-0.2, -0.15) is 5.26 Å². The number of carbonyl (C=O) groups is 1. The van der Waals surface area contributed by atoms with Gasteiger partial charge in [-0.15, -0.1) is 0 Å². The molecule has 0 spiro atoms. The molecule has 0 bridgehead atoms. The van der Waals surface area contributed by atoms with E-state index in [2.05, 4.69) is 11.1 Å². The van der Waals surface area contributed by atoms with Crippen molar-refractivity contribution in [3.05, 3.63) is 59.3 Å². The lowest BCUT2D eigenvalue weighted by Gasteiger charge is -2.21. The van der Waals surface area contributed by atoms with Crippen LogP contribution in [0.1, 0.15) is 40.2 Å². The third kappa shape index (κ3) is 3.27. The Kier molecular flexibility index (Phi) is 4.44. The van der Waals surface area contributed by atoms with E-state index < -0.39 is 15.7 Å². The van der Waals surface area contributed by atoms with Crippen LogP contribution >= 0.6 is 0 Å². The first-order valence-corrected chi connectivity index (χ1v) is 10.9. The topological polar surface area (TPSA) is 117 Å². The average molecular weight is 393 g/mol. The fourth-order valence-corrected chi connectivity index (χ4v) is 5.38. The largest absolute Gasteiger partial charge is 0.366 e. The van der Waals surface area contributed by atoms with Crippen molar-refractivity contribution in [1.29, 1.82) is 5.26 Å². The number of nitrogens with two attached hydrogens (primary N) is 1. The quantitative estimate of drug-likeness (QED) is 0.711. The number of hydrogen-bond acceptors (Lipinski definition) is 4. The van der Waals surface area contributed by atoms with Crippen molar-refractivity contribution in [2.45, 2.75) is 18.8 Å². The Labute approximate surface area is 162 Å². The molecule has 0 unspecified atom stereocenters. The van der Waals surface area contributed by atoms with E-state index in [1.54, 1.807) is 18.2 Å². The Hall–Kier alpha value is -3.11. The number of benzene rings is 2. The maximum absolute atomic E-state index is 12.0. The molecule has 1 aromatic heterocycles. The van der Waals surface area contributed by atoms with E-state index in [1.165, 1.54) is 0 Å². The summed E-state index contributed by atoms with van der Waals surface area (Å²) in [5.74, 6) is -0.0423. The van der Waals surface area contributed by atoms with Gasteiger partial charge in [-0.3, -0.25) is 4.79 Å². The van der Waals surface area contributed by atoms with E-state index in [0.717, 1.165) is 22.1 Å². The van der Waals surface area contributed by atoms with Gasteiger partial charge in [0.25, 0.3) is 5.91 Å². The van der Waals surface area contributed by atoms with Gasteiger partial charge >= 0.3 is 0 Å². The van der Waals surface area contributed by atoms with Crippen molar-refractivity contribution in [3.63, 3.8) is 0 Å². The Morgan fingerprint density at radius 2 is 1.79 bits per heavy atom. The third-order valence-electron chi connectivity index (χ3n) is 5.43. The molecular weight excluding hydrogens is 374 g/mol. The molecule has 2 heterocycles. The second-order valence-corrected chi connectivity index (χ2v) is 9.47. The van der Waals surface area contributed by atoms with Crippen LogP contribution in [0.25, 0.3) is 22.0 Å². The van der Waals surface area contributed by atoms with E-state index in [0.29, 0.717) is 29.5 Å². The highest BCUT2D eigenvalue weighted by Gasteiger charge is 2.27. The number of fused-ring (bicyclic) bond motifs is 1. The van der Waals surface area contributed by atoms with Crippen molar-refractivity contribution in [1.82, 2.24) is 4.98 Å². The van der Waals surface area contributed by atoms with Gasteiger partial charge < -0.3 is 10.7 Å². The average Bonchev–Trinajstić information content (AvgIpc) is 3.11. The molecule has 6 nitrogen and oxygen atoms in total. The van der Waals surface area contributed by atoms with Gasteiger partial charge in [0.05, 0.1) is 34.2 Å². The van der Waals surface area contributed by atoms with Crippen LogP contribution < -0.4 is 5.73 Å². The van der Waals surface area contributed by atoms with Gasteiger partial charge in [0, 0.05) is 11.6 Å². The van der Waals surface area contributed by atoms with Gasteiger partial charge in [0.15, 0.2) is 0 Å². The molecule has 1 fully saturated rings. The minimum atomic E-state index is -2.95. The number of primary amides is 1. The third-order valence-corrected chi connectivity index (χ3v) is 7.14. The number of aromatic nitrogens is 1. The van der Waals surface area contributed by atoms with Gasteiger partial charge in [-0.25, -0.2) is 8.42 Å². The summed E-state index contributed by atoms with van der Waals surface area (Å²) in [6, 6.07) is 13.0. The van der Waals surface area contributed by atoms with Crippen LogP contribution in [0.5, 0.6) is 0 Å². The Morgan fingerprint density at radius 3 is 2.39 bits per heavy atom. The summed E-state index contributed by atoms with van der Waals surface area (Å²) in [4.78, 5) is 15.2. The number of rotatable bonds is 3. The Morgan fingerprint density at radius 1 is 1.11 bits per heavy atom. The number of sulfone groups is 1. The fraction of sp³-hybridized carbons (Fsp3) is 0.238. The summed E-state index contributed by atoms with van der Waals surface area (Å²) in [5.41, 5.74) is 9.97. The number of amides is 1. The van der Waals surface area contributed by atoms with E-state index in [-0.39, 0.29) is 17.4 Å². The number of nitrogens with zero attached hydrogens (tertiary/aromatic N) is 1. The summed E-state index contributed by atoms with van der Waals surface area (Å²) in [7, 11) is -2.95. The van der Waals surface area contributed by atoms with Crippen molar-refractivity contribution in [2.75, 3.05) is 11.5 Å². The standard InChI is InChI=1S/C21H19N3O3S/c22-11-13-1-3-14(4-2-13)16-9-17-19(15-5-7-28(26,27)8-6-15)12-24-20(17)18(10-16)21(23)25/h1-4,9-10,12,15,24H,5-8H2,(H2,23,25). The first-order valence-electron chi connectivity index (χ1n) is 9.04. The summed E-state index contributed by atoms with van der Waals surface area (Å²) < 4.78 is 23.5. The molecule has 3 aromatic rings. The summed E-state index contributed by atoms with van der Waals surface area (Å²) >= 11 is 0. The van der Waals surface area contributed by atoms with Crippen molar-refractivity contribution in [2.24, 2.45) is 5.73 Å². The van der Waals surface area contributed by atoms with Crippen LogP contribution in [0.15, 0.2) is 42.6 Å². The smallest absolute Gasteiger partial charge is 0.250 e. The van der Waals surface area contributed by atoms with E-state index in [4.69, 9.17) is 11.0 Å². The van der Waals surface area contributed by atoms with Crippen LogP contribution in [-0.2, 0) is 9.84 Å². The molecule has 1 saturated heterocycles. The first-order chi connectivity index (χ1) is 13.4. The first kappa shape index (κ1) is 18.3. The van der Waals surface area contributed by atoms with E-state index >= 15 is 0 Å². The van der Waals surface area contributed by atoms with Crippen LogP contribution in [0, 0.1) is 11.3 Å². The number of nitrogens with one attached hydrogen (secondary N) is 1. The molecule has 0 aliphatic carbocycles. The van der Waals surface area contributed by atoms with Crippen LogP contribution in [0.3, 0.4) is 0 Å². The normalized spacial score (nSPS) is 16.7. The van der Waals surface area contributed by atoms with Gasteiger partial charge in [0.2, 0.25) is 0 Å². The number of nitriles is 1. The maximum atomic E-state index is 12.0. The molecule has 2 aromatic carbocycles. The highest BCUT2D eigenvalue weighted by Crippen LogP contribution is 2.37. The van der Waals surface area contributed by atoms with E-state index in [1.807, 2.05) is 24.4 Å². The SMILES string of the molecule is N#Cc1ccc(-c2cc(C(N)=O)c3[nH]cc(C4CCS(=O)(=O)CC4)c3c2)cc1. The van der Waals surface area contributed by atoms with Crippen molar-refractivity contribution < 1.29 is 13.2 Å².